The number of phenolic OH excluding ortho intramolecular Hbond substituents is 1. The molecule has 0 spiro atoms. The average Bonchev–Trinajstić information content (AvgIpc) is 3.66. The first-order chi connectivity index (χ1) is 18.6. The first-order valence-corrected chi connectivity index (χ1v) is 14.1. The zero-order chi connectivity index (χ0) is 27.8. The first-order valence-electron chi connectivity index (χ1n) is 12.9. The number of phenols is 1. The van der Waals surface area contributed by atoms with Crippen molar-refractivity contribution in [2.45, 2.75) is 51.0 Å². The molecule has 1 amide bonds. The van der Waals surface area contributed by atoms with Crippen LogP contribution in [0.25, 0.3) is 17.4 Å². The van der Waals surface area contributed by atoms with Crippen molar-refractivity contribution < 1.29 is 38.9 Å². The maximum Gasteiger partial charge on any atom is 0.317 e. The van der Waals surface area contributed by atoms with E-state index in [1.807, 2.05) is 0 Å². The molecule has 3 aliphatic rings. The molecule has 0 radical (unpaired) electrons. The molecular formula is C28H29NO8S2. The molecular weight excluding hydrogens is 542 g/mol. The molecule has 3 atom stereocenters. The van der Waals surface area contributed by atoms with Crippen LogP contribution in [-0.2, 0) is 20.8 Å². The van der Waals surface area contributed by atoms with Crippen LogP contribution in [0.4, 0.5) is 0 Å². The fraction of sp³-hybridized carbons (Fsp3) is 0.429. The lowest BCUT2D eigenvalue weighted by molar-refractivity contribution is -0.154. The molecule has 11 heteroatoms. The summed E-state index contributed by atoms with van der Waals surface area (Å²) in [6, 6.07) is 6.58. The predicted octanol–water partition coefficient (Wildman–Crippen LogP) is 5.16. The smallest absolute Gasteiger partial charge is 0.317 e. The van der Waals surface area contributed by atoms with E-state index in [1.165, 1.54) is 37.4 Å². The molecule has 1 aromatic heterocycles. The maximum absolute atomic E-state index is 13.5. The van der Waals surface area contributed by atoms with E-state index < -0.39 is 17.9 Å². The minimum atomic E-state index is -1.51. The summed E-state index contributed by atoms with van der Waals surface area (Å²) in [5.41, 5.74) is 1.24. The number of thiocarbonyl (C=S) groups is 1. The summed E-state index contributed by atoms with van der Waals surface area (Å²) >= 11 is 6.85. The highest BCUT2D eigenvalue weighted by Crippen LogP contribution is 2.49. The average molecular weight is 572 g/mol. The lowest BCUT2D eigenvalue weighted by Gasteiger charge is -2.30. The number of carbonyl (C=O) groups excluding carboxylic acids is 1. The van der Waals surface area contributed by atoms with Crippen LogP contribution in [0.1, 0.15) is 49.8 Å². The zero-order valence-electron chi connectivity index (χ0n) is 21.3. The molecule has 1 saturated heterocycles. The van der Waals surface area contributed by atoms with Crippen LogP contribution in [0, 0.1) is 17.8 Å². The molecule has 1 aliphatic heterocycles. The number of ether oxygens (including phenoxy) is 1. The number of rotatable bonds is 10. The van der Waals surface area contributed by atoms with Gasteiger partial charge < -0.3 is 24.5 Å². The number of benzene rings is 1. The minimum absolute atomic E-state index is 0.0126. The van der Waals surface area contributed by atoms with Crippen LogP contribution >= 0.6 is 24.0 Å². The van der Waals surface area contributed by atoms with Crippen molar-refractivity contribution in [2.75, 3.05) is 7.11 Å². The second-order valence-electron chi connectivity index (χ2n) is 10.3. The van der Waals surface area contributed by atoms with Crippen LogP contribution in [0.2, 0.25) is 0 Å². The van der Waals surface area contributed by atoms with Crippen molar-refractivity contribution in [2.24, 2.45) is 17.8 Å². The van der Waals surface area contributed by atoms with Gasteiger partial charge in [-0.05, 0) is 74.1 Å². The normalized spacial score (nSPS) is 23.4. The van der Waals surface area contributed by atoms with Crippen LogP contribution < -0.4 is 4.74 Å². The predicted molar refractivity (Wildman–Crippen MR) is 148 cm³/mol. The summed E-state index contributed by atoms with van der Waals surface area (Å²) in [7, 11) is 1.48. The standard InChI is InChI=1S/C28H29NO8S2/c1-36-19-10-17(9-18(30)12-19)22-11-16(3-2-4-20(26(32)33)27(34)35)23(37-22)13-24-25(31)29(28(38)39-24)21-8-14-5-6-15(21)7-14/h9-15,20-21,30H,2-8H2,1H3,(H,32,33)(H,34,35)/b24-13-. The van der Waals surface area contributed by atoms with Crippen molar-refractivity contribution in [3.63, 3.8) is 0 Å². The highest BCUT2D eigenvalue weighted by molar-refractivity contribution is 8.26. The Morgan fingerprint density at radius 2 is 1.97 bits per heavy atom. The summed E-state index contributed by atoms with van der Waals surface area (Å²) in [5.74, 6) is -2.02. The number of thioether (sulfide) groups is 1. The fourth-order valence-corrected chi connectivity index (χ4v) is 7.35. The molecule has 2 aromatic rings. The van der Waals surface area contributed by atoms with Gasteiger partial charge in [-0.3, -0.25) is 19.3 Å². The third-order valence-electron chi connectivity index (χ3n) is 7.91. The highest BCUT2D eigenvalue weighted by Gasteiger charge is 2.48. The van der Waals surface area contributed by atoms with Crippen molar-refractivity contribution in [1.82, 2.24) is 4.90 Å². The van der Waals surface area contributed by atoms with Crippen molar-refractivity contribution in [3.05, 3.63) is 40.5 Å². The number of hydrogen-bond acceptors (Lipinski definition) is 8. The molecule has 3 N–H and O–H groups in total. The van der Waals surface area contributed by atoms with E-state index in [-0.39, 0.29) is 30.5 Å². The third kappa shape index (κ3) is 5.56. The highest BCUT2D eigenvalue weighted by atomic mass is 32.2. The van der Waals surface area contributed by atoms with Gasteiger partial charge in [0.1, 0.15) is 27.3 Å². The Kier molecular flexibility index (Phi) is 7.73. The summed E-state index contributed by atoms with van der Waals surface area (Å²) in [6.07, 6.45) is 6.68. The van der Waals surface area contributed by atoms with Gasteiger partial charge in [0.25, 0.3) is 5.91 Å². The maximum atomic E-state index is 13.5. The second kappa shape index (κ2) is 11.1. The lowest BCUT2D eigenvalue weighted by Crippen LogP contribution is -2.41. The van der Waals surface area contributed by atoms with Crippen LogP contribution in [0.15, 0.2) is 33.6 Å². The number of furan rings is 1. The summed E-state index contributed by atoms with van der Waals surface area (Å²) in [6.45, 7) is 0. The van der Waals surface area contributed by atoms with Gasteiger partial charge in [-0.15, -0.1) is 0 Å². The third-order valence-corrected chi connectivity index (χ3v) is 9.24. The van der Waals surface area contributed by atoms with Gasteiger partial charge in [0, 0.05) is 23.7 Å². The Morgan fingerprint density at radius 1 is 1.21 bits per heavy atom. The molecule has 2 heterocycles. The van der Waals surface area contributed by atoms with E-state index in [1.54, 1.807) is 23.1 Å². The van der Waals surface area contributed by atoms with Crippen molar-refractivity contribution in [3.8, 4) is 22.8 Å². The fourth-order valence-electron chi connectivity index (χ4n) is 6.01. The van der Waals surface area contributed by atoms with Gasteiger partial charge in [0.05, 0.1) is 12.0 Å². The van der Waals surface area contributed by atoms with E-state index >= 15 is 0 Å². The van der Waals surface area contributed by atoms with Gasteiger partial charge in [-0.25, -0.2) is 0 Å². The molecule has 5 rings (SSSR count). The quantitative estimate of drug-likeness (QED) is 0.199. The van der Waals surface area contributed by atoms with Gasteiger partial charge in [0.2, 0.25) is 0 Å². The monoisotopic (exact) mass is 571 g/mol. The number of hydrogen-bond donors (Lipinski definition) is 3. The topological polar surface area (TPSA) is 138 Å². The number of aliphatic carboxylic acids is 2. The number of amides is 1. The Balaban J connectivity index is 1.44. The van der Waals surface area contributed by atoms with Gasteiger partial charge >= 0.3 is 11.9 Å². The number of aryl methyl sites for hydroxylation is 1. The molecule has 2 saturated carbocycles. The van der Waals surface area contributed by atoms with Crippen LogP contribution in [-0.4, -0.2) is 55.5 Å². The van der Waals surface area contributed by atoms with Crippen molar-refractivity contribution in [1.29, 1.82) is 0 Å². The number of aromatic hydroxyl groups is 1. The molecule has 206 valence electrons. The summed E-state index contributed by atoms with van der Waals surface area (Å²) < 4.78 is 12.0. The van der Waals surface area contributed by atoms with E-state index in [0.717, 1.165) is 19.3 Å². The van der Waals surface area contributed by atoms with Crippen LogP contribution in [0.5, 0.6) is 11.5 Å². The number of carbonyl (C=O) groups is 3. The first kappa shape index (κ1) is 27.3. The Morgan fingerprint density at radius 3 is 2.62 bits per heavy atom. The molecule has 9 nitrogen and oxygen atoms in total. The number of fused-ring (bicyclic) bond motifs is 2. The van der Waals surface area contributed by atoms with Crippen molar-refractivity contribution >= 4 is 52.2 Å². The molecule has 2 bridgehead atoms. The van der Waals surface area contributed by atoms with Gasteiger partial charge in [0.15, 0.2) is 5.92 Å². The SMILES string of the molecule is COc1cc(O)cc(-c2cc(CCCC(C(=O)O)C(=O)O)c(/C=C3\SC(=S)N(C4CC5CCC4C5)C3=O)o2)c1. The number of carboxylic acids is 2. The van der Waals surface area contributed by atoms with Gasteiger partial charge in [-0.2, -0.15) is 0 Å². The molecule has 1 aromatic carbocycles. The number of nitrogens with zero attached hydrogens (tertiary/aromatic N) is 1. The van der Waals surface area contributed by atoms with E-state index in [4.69, 9.17) is 21.4 Å². The molecule has 3 unspecified atom stereocenters. The van der Waals surface area contributed by atoms with Crippen LogP contribution in [0.3, 0.4) is 0 Å². The van der Waals surface area contributed by atoms with Gasteiger partial charge in [-0.1, -0.05) is 30.4 Å². The molecule has 39 heavy (non-hydrogen) atoms. The minimum Gasteiger partial charge on any atom is -0.508 e. The van der Waals surface area contributed by atoms with E-state index in [2.05, 4.69) is 0 Å². The molecule has 2 aliphatic carbocycles. The van der Waals surface area contributed by atoms with E-state index in [0.29, 0.717) is 55.9 Å². The lowest BCUT2D eigenvalue weighted by atomic mass is 9.94. The Bertz CT molecular complexity index is 1350. The largest absolute Gasteiger partial charge is 0.508 e. The number of methoxy groups -OCH3 is 1. The second-order valence-corrected chi connectivity index (χ2v) is 12.0. The Labute approximate surface area is 234 Å². The van der Waals surface area contributed by atoms with E-state index in [9.17, 15) is 29.7 Å². The summed E-state index contributed by atoms with van der Waals surface area (Å²) in [5, 5.41) is 28.6. The number of carboxylic acid groups (broad SMARTS) is 2. The molecule has 3 fully saturated rings. The summed E-state index contributed by atoms with van der Waals surface area (Å²) in [4.78, 5) is 38.3. The Hall–Kier alpha value is -3.31. The zero-order valence-corrected chi connectivity index (χ0v) is 22.9.